The molecule has 0 aliphatic heterocycles. The molecule has 0 aliphatic carbocycles. The number of rotatable bonds is 3. The third kappa shape index (κ3) is 6.62. The molecule has 0 aliphatic rings. The molecule has 0 saturated carbocycles. The highest BCUT2D eigenvalue weighted by molar-refractivity contribution is 5.72. The number of nitrogens with two attached hydrogens (primary N) is 2. The zero-order chi connectivity index (χ0) is 9.68. The molecule has 86 valence electrons. The topological polar surface area (TPSA) is 76.8 Å². The first-order valence-electron chi connectivity index (χ1n) is 4.13. The molecule has 0 aromatic heterocycles. The lowest BCUT2D eigenvalue weighted by Gasteiger charge is -1.96. The highest BCUT2D eigenvalue weighted by Crippen LogP contribution is 2.02. The SMILES string of the molecule is CC(N)=[NH+]c1cccc(C[NH2+]O)c1.[Br-].[Br-]. The number of hydroxylamine groups is 1. The molecule has 0 spiro atoms. The van der Waals surface area contributed by atoms with Crippen molar-refractivity contribution < 1.29 is 49.6 Å². The first kappa shape index (κ1) is 17.0. The third-order valence-electron chi connectivity index (χ3n) is 1.60. The van der Waals surface area contributed by atoms with E-state index in [0.717, 1.165) is 16.7 Å². The van der Waals surface area contributed by atoms with Gasteiger partial charge in [-0.15, -0.1) is 0 Å². The van der Waals surface area contributed by atoms with E-state index in [4.69, 9.17) is 10.9 Å². The molecule has 0 heterocycles. The number of quaternary nitrogens is 1. The predicted octanol–water partition coefficient (Wildman–Crippen LogP) is -7.76. The zero-order valence-electron chi connectivity index (χ0n) is 8.37. The molecule has 0 radical (unpaired) electrons. The van der Waals surface area contributed by atoms with Gasteiger partial charge in [0.2, 0.25) is 5.84 Å². The van der Waals surface area contributed by atoms with Crippen LogP contribution in [0.25, 0.3) is 0 Å². The van der Waals surface area contributed by atoms with Gasteiger partial charge in [-0.2, -0.15) is 0 Å². The van der Waals surface area contributed by atoms with Crippen molar-refractivity contribution in [1.82, 2.24) is 0 Å². The monoisotopic (exact) mass is 339 g/mol. The van der Waals surface area contributed by atoms with Gasteiger partial charge in [-0.25, -0.2) is 15.7 Å². The van der Waals surface area contributed by atoms with Crippen molar-refractivity contribution in [1.29, 1.82) is 0 Å². The Balaban J connectivity index is 0. The van der Waals surface area contributed by atoms with Gasteiger partial charge >= 0.3 is 0 Å². The Labute approximate surface area is 110 Å². The molecule has 6 N–H and O–H groups in total. The number of halogens is 2. The lowest BCUT2D eigenvalue weighted by atomic mass is 10.2. The second-order valence-electron chi connectivity index (χ2n) is 2.90. The summed E-state index contributed by atoms with van der Waals surface area (Å²) in [5.74, 6) is 0.658. The molecule has 0 atom stereocenters. The van der Waals surface area contributed by atoms with Crippen LogP contribution in [0, 0.1) is 0 Å². The summed E-state index contributed by atoms with van der Waals surface area (Å²) in [6.07, 6.45) is 0. The molecular weight excluding hydrogens is 326 g/mol. The smallest absolute Gasteiger partial charge is 0.242 e. The molecular formula is C9H15Br2N3O. The maximum absolute atomic E-state index is 8.62. The van der Waals surface area contributed by atoms with Crippen molar-refractivity contribution in [2.75, 3.05) is 0 Å². The summed E-state index contributed by atoms with van der Waals surface area (Å²) < 4.78 is 0. The molecule has 0 saturated heterocycles. The first-order chi connectivity index (χ1) is 6.22. The van der Waals surface area contributed by atoms with Gasteiger partial charge in [0.05, 0.1) is 0 Å². The van der Waals surface area contributed by atoms with Gasteiger partial charge in [0.1, 0.15) is 12.2 Å². The van der Waals surface area contributed by atoms with E-state index in [0.29, 0.717) is 12.4 Å². The highest BCUT2D eigenvalue weighted by atomic mass is 79.9. The Hall–Kier alpha value is -0.430. The Morgan fingerprint density at radius 2 is 2.13 bits per heavy atom. The summed E-state index contributed by atoms with van der Waals surface area (Å²) in [4.78, 5) is 3.00. The quantitative estimate of drug-likeness (QED) is 0.251. The molecule has 1 aromatic carbocycles. The third-order valence-corrected chi connectivity index (χ3v) is 1.60. The van der Waals surface area contributed by atoms with Gasteiger partial charge in [0.25, 0.3) is 0 Å². The average molecular weight is 341 g/mol. The van der Waals surface area contributed by atoms with E-state index < -0.39 is 0 Å². The van der Waals surface area contributed by atoms with Crippen molar-refractivity contribution >= 4 is 11.5 Å². The zero-order valence-corrected chi connectivity index (χ0v) is 11.5. The number of hydrogen-bond acceptors (Lipinski definition) is 1. The van der Waals surface area contributed by atoms with E-state index in [9.17, 15) is 0 Å². The minimum atomic E-state index is 0. The Bertz CT molecular complexity index is 314. The number of hydrogen-bond donors (Lipinski definition) is 4. The van der Waals surface area contributed by atoms with Gasteiger partial charge in [-0.1, -0.05) is 12.1 Å². The van der Waals surface area contributed by atoms with Crippen LogP contribution in [-0.4, -0.2) is 11.0 Å². The normalized spacial score (nSPS) is 10.1. The lowest BCUT2D eigenvalue weighted by molar-refractivity contribution is -0.899. The van der Waals surface area contributed by atoms with E-state index in [1.165, 1.54) is 0 Å². The molecule has 1 rings (SSSR count). The van der Waals surface area contributed by atoms with Crippen LogP contribution < -0.4 is 50.2 Å². The maximum atomic E-state index is 8.62. The Morgan fingerprint density at radius 1 is 1.47 bits per heavy atom. The van der Waals surface area contributed by atoms with Crippen LogP contribution in [0.2, 0.25) is 0 Å². The van der Waals surface area contributed by atoms with Gasteiger partial charge in [0.15, 0.2) is 0 Å². The van der Waals surface area contributed by atoms with E-state index in [-0.39, 0.29) is 34.0 Å². The van der Waals surface area contributed by atoms with Crippen LogP contribution >= 0.6 is 0 Å². The standard InChI is InChI=1S/C9H13N3O.2BrH/c1-7(10)12-9-4-2-3-8(5-9)6-11-13;;/h2-5,11,13H,6H2,1H3,(H2,10,12);2*1H. The van der Waals surface area contributed by atoms with Crippen LogP contribution in [0.1, 0.15) is 12.5 Å². The van der Waals surface area contributed by atoms with Crippen molar-refractivity contribution in [3.05, 3.63) is 29.8 Å². The largest absolute Gasteiger partial charge is 1.00 e. The van der Waals surface area contributed by atoms with Crippen molar-refractivity contribution in [2.45, 2.75) is 13.5 Å². The second-order valence-corrected chi connectivity index (χ2v) is 2.90. The van der Waals surface area contributed by atoms with Crippen molar-refractivity contribution in [3.63, 3.8) is 0 Å². The van der Waals surface area contributed by atoms with Gasteiger partial charge < -0.3 is 34.0 Å². The molecule has 0 unspecified atom stereocenters. The fourth-order valence-electron chi connectivity index (χ4n) is 1.11. The Morgan fingerprint density at radius 3 is 2.67 bits per heavy atom. The van der Waals surface area contributed by atoms with E-state index in [2.05, 4.69) is 4.99 Å². The maximum Gasteiger partial charge on any atom is 0.242 e. The Kier molecular flexibility index (Phi) is 10.0. The average Bonchev–Trinajstić information content (AvgIpc) is 2.04. The second kappa shape index (κ2) is 8.84. The fraction of sp³-hybridized carbons (Fsp3) is 0.222. The molecule has 4 nitrogen and oxygen atoms in total. The van der Waals surface area contributed by atoms with Crippen LogP contribution in [-0.2, 0) is 6.54 Å². The number of benzene rings is 1. The van der Waals surface area contributed by atoms with E-state index in [1.807, 2.05) is 24.3 Å². The van der Waals surface area contributed by atoms with Crippen LogP contribution in [0.3, 0.4) is 0 Å². The molecule has 0 bridgehead atoms. The summed E-state index contributed by atoms with van der Waals surface area (Å²) >= 11 is 0. The summed E-state index contributed by atoms with van der Waals surface area (Å²) in [5, 5.41) is 8.62. The number of amidine groups is 1. The molecule has 1 aromatic rings. The fourth-order valence-corrected chi connectivity index (χ4v) is 1.11. The molecule has 0 amide bonds. The van der Waals surface area contributed by atoms with Gasteiger partial charge in [-0.3, -0.25) is 5.73 Å². The summed E-state index contributed by atoms with van der Waals surface area (Å²) in [7, 11) is 0. The van der Waals surface area contributed by atoms with Crippen LogP contribution in [0.5, 0.6) is 0 Å². The summed E-state index contributed by atoms with van der Waals surface area (Å²) in [6.45, 7) is 2.35. The molecule has 6 heteroatoms. The molecule has 0 fully saturated rings. The summed E-state index contributed by atoms with van der Waals surface area (Å²) in [5.41, 5.74) is 8.63. The lowest BCUT2D eigenvalue weighted by Crippen LogP contribution is -3.00. The first-order valence-corrected chi connectivity index (χ1v) is 4.13. The van der Waals surface area contributed by atoms with Crippen molar-refractivity contribution in [3.8, 4) is 0 Å². The van der Waals surface area contributed by atoms with Crippen LogP contribution in [0.4, 0.5) is 5.69 Å². The summed E-state index contributed by atoms with van der Waals surface area (Å²) in [6, 6.07) is 7.74. The van der Waals surface area contributed by atoms with Crippen molar-refractivity contribution in [2.24, 2.45) is 5.73 Å². The van der Waals surface area contributed by atoms with Gasteiger partial charge in [0, 0.05) is 12.5 Å². The van der Waals surface area contributed by atoms with Gasteiger partial charge in [-0.05, 0) is 12.1 Å². The highest BCUT2D eigenvalue weighted by Gasteiger charge is 1.97. The van der Waals surface area contributed by atoms with E-state index >= 15 is 0 Å². The predicted molar refractivity (Wildman–Crippen MR) is 49.3 cm³/mol. The van der Waals surface area contributed by atoms with E-state index in [1.54, 1.807) is 6.92 Å². The minimum absolute atomic E-state index is 0. The minimum Gasteiger partial charge on any atom is -1.00 e. The van der Waals surface area contributed by atoms with Crippen LogP contribution in [0.15, 0.2) is 24.3 Å². The number of nitrogens with one attached hydrogen (secondary N) is 1. The molecule has 15 heavy (non-hydrogen) atoms.